The van der Waals surface area contributed by atoms with Crippen molar-refractivity contribution in [2.75, 3.05) is 26.2 Å². The number of halogens is 1. The average molecular weight is 282 g/mol. The molecule has 1 aromatic heterocycles. The first-order valence-corrected chi connectivity index (χ1v) is 6.62. The molecule has 1 fully saturated rings. The van der Waals surface area contributed by atoms with E-state index in [-0.39, 0.29) is 11.8 Å². The van der Waals surface area contributed by atoms with Gasteiger partial charge < -0.3 is 9.80 Å². The van der Waals surface area contributed by atoms with Gasteiger partial charge in [-0.05, 0) is 18.6 Å². The van der Waals surface area contributed by atoms with Gasteiger partial charge in [-0.2, -0.15) is 0 Å². The van der Waals surface area contributed by atoms with Crippen LogP contribution >= 0.6 is 11.6 Å². The first-order valence-electron chi connectivity index (χ1n) is 6.24. The molecule has 1 aromatic rings. The minimum Gasteiger partial charge on any atom is -0.341 e. The summed E-state index contributed by atoms with van der Waals surface area (Å²) in [5.74, 6) is -0.00275. The van der Waals surface area contributed by atoms with Crippen molar-refractivity contribution in [3.8, 4) is 0 Å². The first kappa shape index (κ1) is 13.8. The molecule has 0 N–H and O–H groups in total. The maximum absolute atomic E-state index is 12.3. The van der Waals surface area contributed by atoms with E-state index in [0.29, 0.717) is 36.9 Å². The van der Waals surface area contributed by atoms with Crippen LogP contribution in [-0.4, -0.2) is 52.8 Å². The third kappa shape index (κ3) is 3.44. The Kier molecular flexibility index (Phi) is 4.37. The van der Waals surface area contributed by atoms with Crippen LogP contribution in [-0.2, 0) is 4.79 Å². The molecule has 5 nitrogen and oxygen atoms in total. The molecule has 0 radical (unpaired) electrons. The molecule has 2 heterocycles. The van der Waals surface area contributed by atoms with Crippen molar-refractivity contribution >= 4 is 23.4 Å². The summed E-state index contributed by atoms with van der Waals surface area (Å²) < 4.78 is 0. The predicted molar refractivity (Wildman–Crippen MR) is 72.0 cm³/mol. The zero-order valence-electron chi connectivity index (χ0n) is 10.8. The first-order chi connectivity index (χ1) is 9.08. The molecule has 0 aromatic carbocycles. The molecule has 0 spiro atoms. The summed E-state index contributed by atoms with van der Waals surface area (Å²) in [4.78, 5) is 31.1. The van der Waals surface area contributed by atoms with Crippen molar-refractivity contribution < 1.29 is 9.59 Å². The van der Waals surface area contributed by atoms with Crippen molar-refractivity contribution in [2.24, 2.45) is 0 Å². The number of nitrogens with zero attached hydrogens (tertiary/aromatic N) is 3. The van der Waals surface area contributed by atoms with E-state index in [1.54, 1.807) is 28.9 Å². The van der Waals surface area contributed by atoms with Crippen LogP contribution in [0.5, 0.6) is 0 Å². The highest BCUT2D eigenvalue weighted by molar-refractivity contribution is 6.29. The van der Waals surface area contributed by atoms with Crippen LogP contribution in [0.25, 0.3) is 0 Å². The van der Waals surface area contributed by atoms with Gasteiger partial charge in [0.2, 0.25) is 5.91 Å². The van der Waals surface area contributed by atoms with E-state index < -0.39 is 0 Å². The number of amides is 2. The maximum atomic E-state index is 12.3. The van der Waals surface area contributed by atoms with E-state index in [2.05, 4.69) is 4.98 Å². The maximum Gasteiger partial charge on any atom is 0.255 e. The fourth-order valence-electron chi connectivity index (χ4n) is 2.12. The lowest BCUT2D eigenvalue weighted by Gasteiger charge is -2.21. The van der Waals surface area contributed by atoms with Crippen molar-refractivity contribution in [1.29, 1.82) is 0 Å². The minimum atomic E-state index is -0.0606. The van der Waals surface area contributed by atoms with Gasteiger partial charge >= 0.3 is 0 Å². The molecule has 0 aliphatic carbocycles. The number of carbonyl (C=O) groups excluding carboxylic acids is 2. The normalized spacial score (nSPS) is 16.1. The summed E-state index contributed by atoms with van der Waals surface area (Å²) >= 11 is 5.70. The van der Waals surface area contributed by atoms with Crippen molar-refractivity contribution in [1.82, 2.24) is 14.8 Å². The summed E-state index contributed by atoms with van der Waals surface area (Å²) in [7, 11) is 0. The summed E-state index contributed by atoms with van der Waals surface area (Å²) in [6, 6.07) is 3.28. The molecule has 1 aliphatic heterocycles. The van der Waals surface area contributed by atoms with Crippen LogP contribution in [0, 0.1) is 0 Å². The van der Waals surface area contributed by atoms with Crippen LogP contribution < -0.4 is 0 Å². The highest BCUT2D eigenvalue weighted by atomic mass is 35.5. The third-order valence-corrected chi connectivity index (χ3v) is 3.43. The van der Waals surface area contributed by atoms with E-state index in [1.165, 1.54) is 6.20 Å². The van der Waals surface area contributed by atoms with Crippen molar-refractivity contribution in [2.45, 2.75) is 13.3 Å². The highest BCUT2D eigenvalue weighted by Gasteiger charge is 2.21. The summed E-state index contributed by atoms with van der Waals surface area (Å²) in [6.07, 6.45) is 2.28. The number of hydrogen-bond donors (Lipinski definition) is 0. The molecule has 102 valence electrons. The molecule has 0 saturated carbocycles. The van der Waals surface area contributed by atoms with Crippen LogP contribution in [0.3, 0.4) is 0 Å². The van der Waals surface area contributed by atoms with Gasteiger partial charge in [0.25, 0.3) is 5.91 Å². The molecular weight excluding hydrogens is 266 g/mol. The van der Waals surface area contributed by atoms with Gasteiger partial charge in [0.1, 0.15) is 5.15 Å². The Morgan fingerprint density at radius 3 is 2.47 bits per heavy atom. The fourth-order valence-corrected chi connectivity index (χ4v) is 2.23. The molecular formula is C13H16ClN3O2. The topological polar surface area (TPSA) is 53.5 Å². The Labute approximate surface area is 117 Å². The monoisotopic (exact) mass is 281 g/mol. The van der Waals surface area contributed by atoms with Crippen LogP contribution in [0.1, 0.15) is 23.7 Å². The molecule has 0 unspecified atom stereocenters. The average Bonchev–Trinajstić information content (AvgIpc) is 2.64. The number of carbonyl (C=O) groups is 2. The van der Waals surface area contributed by atoms with Gasteiger partial charge in [-0.3, -0.25) is 9.59 Å². The second-order valence-corrected chi connectivity index (χ2v) is 4.91. The predicted octanol–water partition coefficient (Wildman–Crippen LogP) is 1.43. The number of rotatable bonds is 1. The van der Waals surface area contributed by atoms with Gasteiger partial charge in [0.05, 0.1) is 5.56 Å². The standard InChI is InChI=1S/C13H16ClN3O2/c1-10(18)16-5-2-6-17(8-7-16)13(19)11-3-4-12(14)15-9-11/h3-4,9H,2,5-8H2,1H3. The van der Waals surface area contributed by atoms with E-state index in [1.807, 2.05) is 0 Å². The molecule has 1 saturated heterocycles. The van der Waals surface area contributed by atoms with Gasteiger partial charge in [0, 0.05) is 39.3 Å². The van der Waals surface area contributed by atoms with E-state index >= 15 is 0 Å². The smallest absolute Gasteiger partial charge is 0.255 e. The SMILES string of the molecule is CC(=O)N1CCCN(C(=O)c2ccc(Cl)nc2)CC1. The van der Waals surface area contributed by atoms with Crippen LogP contribution in [0.15, 0.2) is 18.3 Å². The molecule has 2 amide bonds. The number of aromatic nitrogens is 1. The second-order valence-electron chi connectivity index (χ2n) is 4.52. The Morgan fingerprint density at radius 1 is 1.16 bits per heavy atom. The lowest BCUT2D eigenvalue weighted by Crippen LogP contribution is -2.36. The lowest BCUT2D eigenvalue weighted by molar-refractivity contribution is -0.128. The number of pyridine rings is 1. The summed E-state index contributed by atoms with van der Waals surface area (Å²) in [5, 5.41) is 0.371. The molecule has 2 rings (SSSR count). The van der Waals surface area contributed by atoms with Crippen LogP contribution in [0.2, 0.25) is 5.15 Å². The van der Waals surface area contributed by atoms with Gasteiger partial charge in [-0.15, -0.1) is 0 Å². The Morgan fingerprint density at radius 2 is 1.84 bits per heavy atom. The number of hydrogen-bond acceptors (Lipinski definition) is 3. The van der Waals surface area contributed by atoms with Crippen LogP contribution in [0.4, 0.5) is 0 Å². The third-order valence-electron chi connectivity index (χ3n) is 3.20. The van der Waals surface area contributed by atoms with Gasteiger partial charge in [-0.25, -0.2) is 4.98 Å². The van der Waals surface area contributed by atoms with Crippen molar-refractivity contribution in [3.63, 3.8) is 0 Å². The molecule has 0 bridgehead atoms. The summed E-state index contributed by atoms with van der Waals surface area (Å²) in [5.41, 5.74) is 0.528. The molecule has 6 heteroatoms. The van der Waals surface area contributed by atoms with Gasteiger partial charge in [0.15, 0.2) is 0 Å². The van der Waals surface area contributed by atoms with Crippen molar-refractivity contribution in [3.05, 3.63) is 29.0 Å². The molecule has 1 aliphatic rings. The lowest BCUT2D eigenvalue weighted by atomic mass is 10.2. The Hall–Kier alpha value is -1.62. The largest absolute Gasteiger partial charge is 0.341 e. The molecule has 19 heavy (non-hydrogen) atoms. The summed E-state index contributed by atoms with van der Waals surface area (Å²) in [6.45, 7) is 4.06. The highest BCUT2D eigenvalue weighted by Crippen LogP contribution is 2.11. The van der Waals surface area contributed by atoms with E-state index in [4.69, 9.17) is 11.6 Å². The quantitative estimate of drug-likeness (QED) is 0.732. The molecule has 0 atom stereocenters. The zero-order valence-corrected chi connectivity index (χ0v) is 11.6. The Bertz CT molecular complexity index is 475. The minimum absolute atomic E-state index is 0.0578. The Balaban J connectivity index is 2.03. The second kappa shape index (κ2) is 6.02. The fraction of sp³-hybridized carbons (Fsp3) is 0.462. The van der Waals surface area contributed by atoms with E-state index in [0.717, 1.165) is 6.42 Å². The zero-order chi connectivity index (χ0) is 13.8. The van der Waals surface area contributed by atoms with E-state index in [9.17, 15) is 9.59 Å². The van der Waals surface area contributed by atoms with Gasteiger partial charge in [-0.1, -0.05) is 11.6 Å².